The van der Waals surface area contributed by atoms with E-state index in [1.54, 1.807) is 13.0 Å². The number of thioether (sulfide) groups is 1. The van der Waals surface area contributed by atoms with E-state index < -0.39 is 24.6 Å². The third-order valence-electron chi connectivity index (χ3n) is 2.83. The van der Waals surface area contributed by atoms with E-state index in [4.69, 9.17) is 0 Å². The third kappa shape index (κ3) is 3.70. The maximum atomic E-state index is 14.1. The van der Waals surface area contributed by atoms with Crippen LogP contribution in [0.5, 0.6) is 6.01 Å². The first-order valence-corrected chi connectivity index (χ1v) is 7.39. The van der Waals surface area contributed by atoms with Gasteiger partial charge in [-0.2, -0.15) is 18.2 Å². The van der Waals surface area contributed by atoms with Gasteiger partial charge >= 0.3 is 12.2 Å². The zero-order valence-corrected chi connectivity index (χ0v) is 12.8. The summed E-state index contributed by atoms with van der Waals surface area (Å²) in [4.78, 5) is 4.67. The van der Waals surface area contributed by atoms with Crippen molar-refractivity contribution in [3.8, 4) is 17.4 Å². The van der Waals surface area contributed by atoms with E-state index >= 15 is 0 Å². The van der Waals surface area contributed by atoms with Gasteiger partial charge in [0, 0.05) is 11.9 Å². The van der Waals surface area contributed by atoms with Gasteiger partial charge in [0.25, 0.3) is 0 Å². The Morgan fingerprint density at radius 1 is 1.32 bits per heavy atom. The molecule has 120 valence electrons. The average molecular weight is 335 g/mol. The number of hydrogen-bond acceptors (Lipinski definition) is 4. The Morgan fingerprint density at radius 3 is 2.59 bits per heavy atom. The number of aryl methyl sites for hydroxylation is 2. The van der Waals surface area contributed by atoms with Gasteiger partial charge < -0.3 is 4.74 Å². The van der Waals surface area contributed by atoms with Crippen LogP contribution in [0.2, 0.25) is 0 Å². The minimum atomic E-state index is -4.49. The fourth-order valence-electron chi connectivity index (χ4n) is 1.85. The maximum absolute atomic E-state index is 14.1. The fraction of sp³-hybridized carbons (Fsp3) is 0.385. The first kappa shape index (κ1) is 16.6. The average Bonchev–Trinajstić information content (AvgIpc) is 2.77. The number of benzene rings is 1. The molecule has 0 saturated heterocycles. The molecule has 4 nitrogen and oxygen atoms in total. The van der Waals surface area contributed by atoms with Gasteiger partial charge in [-0.05, 0) is 30.9 Å². The van der Waals surface area contributed by atoms with Crippen LogP contribution < -0.4 is 4.74 Å². The molecule has 1 heterocycles. The molecule has 0 aliphatic heterocycles. The SMILES string of the molecule is CSc1cc(-c2nc(OCC(F)(F)F)nn2C)c(F)cc1C. The van der Waals surface area contributed by atoms with Crippen LogP contribution in [-0.2, 0) is 7.05 Å². The van der Waals surface area contributed by atoms with E-state index in [0.717, 1.165) is 10.5 Å². The molecule has 22 heavy (non-hydrogen) atoms. The summed E-state index contributed by atoms with van der Waals surface area (Å²) in [6, 6.07) is 2.50. The highest BCUT2D eigenvalue weighted by Gasteiger charge is 2.29. The molecule has 0 saturated carbocycles. The number of rotatable bonds is 4. The molecule has 0 N–H and O–H groups in total. The monoisotopic (exact) mass is 335 g/mol. The van der Waals surface area contributed by atoms with Crippen LogP contribution in [0, 0.1) is 12.7 Å². The van der Waals surface area contributed by atoms with Crippen molar-refractivity contribution in [2.45, 2.75) is 18.0 Å². The molecule has 9 heteroatoms. The van der Waals surface area contributed by atoms with Crippen molar-refractivity contribution in [2.24, 2.45) is 7.05 Å². The summed E-state index contributed by atoms with van der Waals surface area (Å²) in [6.45, 7) is 0.274. The van der Waals surface area contributed by atoms with Crippen LogP contribution in [0.4, 0.5) is 17.6 Å². The Morgan fingerprint density at radius 2 is 2.00 bits per heavy atom. The predicted molar refractivity (Wildman–Crippen MR) is 74.5 cm³/mol. The molecule has 0 aliphatic carbocycles. The number of aromatic nitrogens is 3. The molecular weight excluding hydrogens is 322 g/mol. The molecule has 2 rings (SSSR count). The van der Waals surface area contributed by atoms with Crippen molar-refractivity contribution < 1.29 is 22.3 Å². The molecule has 0 fully saturated rings. The Hall–Kier alpha value is -1.77. The van der Waals surface area contributed by atoms with Crippen LogP contribution in [0.15, 0.2) is 17.0 Å². The summed E-state index contributed by atoms with van der Waals surface area (Å²) in [6.07, 6.45) is -2.64. The van der Waals surface area contributed by atoms with Crippen LogP contribution in [0.25, 0.3) is 11.4 Å². The lowest BCUT2D eigenvalue weighted by Gasteiger charge is -2.07. The van der Waals surface area contributed by atoms with E-state index in [9.17, 15) is 17.6 Å². The van der Waals surface area contributed by atoms with Gasteiger partial charge in [0.2, 0.25) is 0 Å². The number of alkyl halides is 3. The quantitative estimate of drug-likeness (QED) is 0.632. The van der Waals surface area contributed by atoms with Gasteiger partial charge in [-0.15, -0.1) is 16.9 Å². The van der Waals surface area contributed by atoms with Gasteiger partial charge in [-0.3, -0.25) is 0 Å². The molecule has 0 aliphatic rings. The summed E-state index contributed by atoms with van der Waals surface area (Å²) in [5.74, 6) is -0.418. The van der Waals surface area contributed by atoms with Crippen molar-refractivity contribution in [1.29, 1.82) is 0 Å². The Kier molecular flexibility index (Phi) is 4.64. The van der Waals surface area contributed by atoms with Gasteiger partial charge in [-0.25, -0.2) is 9.07 Å². The molecule has 0 amide bonds. The van der Waals surface area contributed by atoms with Crippen molar-refractivity contribution in [3.05, 3.63) is 23.5 Å². The van der Waals surface area contributed by atoms with E-state index in [1.165, 1.54) is 29.6 Å². The Balaban J connectivity index is 2.35. The number of nitrogens with zero attached hydrogens (tertiary/aromatic N) is 3. The van der Waals surface area contributed by atoms with Gasteiger partial charge in [0.1, 0.15) is 5.82 Å². The zero-order chi connectivity index (χ0) is 16.5. The minimum absolute atomic E-state index is 0.102. The highest BCUT2D eigenvalue weighted by atomic mass is 32.2. The third-order valence-corrected chi connectivity index (χ3v) is 3.71. The lowest BCUT2D eigenvalue weighted by Crippen LogP contribution is -2.19. The second-order valence-electron chi connectivity index (χ2n) is 4.55. The van der Waals surface area contributed by atoms with Gasteiger partial charge in [0.15, 0.2) is 12.4 Å². The summed E-state index contributed by atoms with van der Waals surface area (Å²) >= 11 is 1.44. The van der Waals surface area contributed by atoms with E-state index in [0.29, 0.717) is 0 Å². The first-order valence-electron chi connectivity index (χ1n) is 6.16. The Bertz CT molecular complexity index is 685. The summed E-state index contributed by atoms with van der Waals surface area (Å²) < 4.78 is 56.2. The molecule has 0 spiro atoms. The van der Waals surface area contributed by atoms with Crippen LogP contribution in [0.3, 0.4) is 0 Å². The summed E-state index contributed by atoms with van der Waals surface area (Å²) in [5, 5.41) is 3.72. The zero-order valence-electron chi connectivity index (χ0n) is 12.0. The molecule has 2 aromatic rings. The minimum Gasteiger partial charge on any atom is -0.453 e. The highest BCUT2D eigenvalue weighted by molar-refractivity contribution is 7.98. The van der Waals surface area contributed by atoms with Crippen molar-refractivity contribution in [3.63, 3.8) is 0 Å². The molecular formula is C13H13F4N3OS. The number of hydrogen-bond donors (Lipinski definition) is 0. The molecule has 0 bridgehead atoms. The largest absolute Gasteiger partial charge is 0.453 e. The lowest BCUT2D eigenvalue weighted by molar-refractivity contribution is -0.154. The standard InChI is InChI=1S/C13H13F4N3OS/c1-7-4-9(14)8(5-10(7)22-3)11-18-12(19-20(11)2)21-6-13(15,16)17/h4-5H,6H2,1-3H3. The molecule has 0 unspecified atom stereocenters. The normalized spacial score (nSPS) is 11.8. The van der Waals surface area contributed by atoms with Gasteiger partial charge in [-0.1, -0.05) is 0 Å². The van der Waals surface area contributed by atoms with E-state index in [1.807, 2.05) is 6.26 Å². The van der Waals surface area contributed by atoms with Crippen LogP contribution in [0.1, 0.15) is 5.56 Å². The van der Waals surface area contributed by atoms with Crippen LogP contribution >= 0.6 is 11.8 Å². The second kappa shape index (κ2) is 6.15. The van der Waals surface area contributed by atoms with Crippen molar-refractivity contribution in [1.82, 2.24) is 14.8 Å². The van der Waals surface area contributed by atoms with Crippen molar-refractivity contribution in [2.75, 3.05) is 12.9 Å². The molecule has 0 radical (unpaired) electrons. The Labute approximate surface area is 128 Å². The predicted octanol–water partition coefficient (Wildman–Crippen LogP) is 3.59. The van der Waals surface area contributed by atoms with Gasteiger partial charge in [0.05, 0.1) is 5.56 Å². The first-order chi connectivity index (χ1) is 10.2. The van der Waals surface area contributed by atoms with Crippen LogP contribution in [-0.4, -0.2) is 33.8 Å². The molecule has 1 aromatic heterocycles. The molecule has 0 atom stereocenters. The highest BCUT2D eigenvalue weighted by Crippen LogP contribution is 2.30. The summed E-state index contributed by atoms with van der Waals surface area (Å²) in [5.41, 5.74) is 0.927. The summed E-state index contributed by atoms with van der Waals surface area (Å²) in [7, 11) is 1.46. The smallest absolute Gasteiger partial charge is 0.422 e. The van der Waals surface area contributed by atoms with E-state index in [-0.39, 0.29) is 11.4 Å². The number of ether oxygens (including phenoxy) is 1. The topological polar surface area (TPSA) is 39.9 Å². The lowest BCUT2D eigenvalue weighted by atomic mass is 10.1. The fourth-order valence-corrected chi connectivity index (χ4v) is 2.46. The number of halogens is 4. The van der Waals surface area contributed by atoms with Crippen molar-refractivity contribution >= 4 is 11.8 Å². The maximum Gasteiger partial charge on any atom is 0.422 e. The molecule has 1 aromatic carbocycles. The van der Waals surface area contributed by atoms with E-state index in [2.05, 4.69) is 14.8 Å². The second-order valence-corrected chi connectivity index (χ2v) is 5.40.